The van der Waals surface area contributed by atoms with Crippen LogP contribution in [0.15, 0.2) is 18.2 Å². The Hall–Kier alpha value is -1.53. The van der Waals surface area contributed by atoms with Crippen molar-refractivity contribution in [2.24, 2.45) is 0 Å². The van der Waals surface area contributed by atoms with E-state index in [2.05, 4.69) is 5.92 Å². The minimum atomic E-state index is -0.661. The number of rotatable bonds is 3. The van der Waals surface area contributed by atoms with E-state index in [0.29, 0.717) is 17.8 Å². The van der Waals surface area contributed by atoms with Crippen LogP contribution in [0.5, 0.6) is 0 Å². The second-order valence-electron chi connectivity index (χ2n) is 3.45. The minimum absolute atomic E-state index is 0.352. The molecule has 0 fully saturated rings. The van der Waals surface area contributed by atoms with Crippen molar-refractivity contribution in [1.82, 2.24) is 0 Å². The second-order valence-corrected chi connectivity index (χ2v) is 3.45. The quantitative estimate of drug-likeness (QED) is 0.766. The van der Waals surface area contributed by atoms with E-state index in [1.165, 1.54) is 6.07 Å². The van der Waals surface area contributed by atoms with Gasteiger partial charge in [-0.3, -0.25) is 0 Å². The van der Waals surface area contributed by atoms with Gasteiger partial charge in [0.2, 0.25) is 0 Å². The molecule has 80 valence electrons. The smallest absolute Gasteiger partial charge is 0.146 e. The van der Waals surface area contributed by atoms with Gasteiger partial charge in [-0.15, -0.1) is 6.42 Å². The van der Waals surface area contributed by atoms with E-state index in [-0.39, 0.29) is 5.82 Å². The van der Waals surface area contributed by atoms with Crippen molar-refractivity contribution in [3.05, 3.63) is 29.6 Å². The van der Waals surface area contributed by atoms with Crippen LogP contribution in [0.2, 0.25) is 0 Å². The van der Waals surface area contributed by atoms with Crippen molar-refractivity contribution >= 4 is 5.69 Å². The fraction of sp³-hybridized carbons (Fsp3) is 0.333. The van der Waals surface area contributed by atoms with Crippen LogP contribution in [-0.4, -0.2) is 18.7 Å². The van der Waals surface area contributed by atoms with E-state index in [9.17, 15) is 9.50 Å². The summed E-state index contributed by atoms with van der Waals surface area (Å²) in [5.41, 5.74) is 1.00. The van der Waals surface area contributed by atoms with Crippen molar-refractivity contribution in [2.75, 3.05) is 18.5 Å². The Bertz CT molecular complexity index is 382. The van der Waals surface area contributed by atoms with Crippen molar-refractivity contribution in [2.45, 2.75) is 13.0 Å². The molecular formula is C12H14FNO. The first-order valence-corrected chi connectivity index (χ1v) is 4.68. The summed E-state index contributed by atoms with van der Waals surface area (Å²) < 4.78 is 13.6. The average Bonchev–Trinajstić information content (AvgIpc) is 2.17. The Morgan fingerprint density at radius 2 is 2.27 bits per heavy atom. The van der Waals surface area contributed by atoms with E-state index in [4.69, 9.17) is 6.42 Å². The number of anilines is 1. The lowest BCUT2D eigenvalue weighted by Gasteiger charge is -2.17. The number of aliphatic hydroxyl groups excluding tert-OH is 1. The van der Waals surface area contributed by atoms with Crippen molar-refractivity contribution in [1.29, 1.82) is 0 Å². The SMILES string of the molecule is C#CCN(C)c1ccc(C(C)O)cc1F. The maximum Gasteiger partial charge on any atom is 0.146 e. The zero-order valence-corrected chi connectivity index (χ0v) is 8.87. The lowest BCUT2D eigenvalue weighted by atomic mass is 10.1. The topological polar surface area (TPSA) is 23.5 Å². The lowest BCUT2D eigenvalue weighted by Crippen LogP contribution is -2.18. The van der Waals surface area contributed by atoms with E-state index in [0.717, 1.165) is 0 Å². The van der Waals surface area contributed by atoms with Gasteiger partial charge in [-0.1, -0.05) is 12.0 Å². The van der Waals surface area contributed by atoms with Gasteiger partial charge in [0.1, 0.15) is 5.82 Å². The van der Waals surface area contributed by atoms with E-state index < -0.39 is 6.10 Å². The van der Waals surface area contributed by atoms with Gasteiger partial charge in [-0.05, 0) is 24.6 Å². The average molecular weight is 207 g/mol. The molecule has 3 heteroatoms. The van der Waals surface area contributed by atoms with Gasteiger partial charge in [0.25, 0.3) is 0 Å². The standard InChI is InChI=1S/C12H14FNO/c1-4-7-14(3)12-6-5-10(9(2)15)8-11(12)13/h1,5-6,8-9,15H,7H2,2-3H3. The van der Waals surface area contributed by atoms with Gasteiger partial charge < -0.3 is 10.0 Å². The summed E-state index contributed by atoms with van der Waals surface area (Å²) in [6, 6.07) is 4.64. The highest BCUT2D eigenvalue weighted by Gasteiger charge is 2.09. The summed E-state index contributed by atoms with van der Waals surface area (Å²) in [6.07, 6.45) is 4.48. The third-order valence-electron chi connectivity index (χ3n) is 2.19. The maximum absolute atomic E-state index is 13.6. The number of halogens is 1. The summed E-state index contributed by atoms with van der Waals surface area (Å²) in [4.78, 5) is 1.64. The van der Waals surface area contributed by atoms with Crippen LogP contribution in [0.25, 0.3) is 0 Å². The number of hydrogen-bond donors (Lipinski definition) is 1. The Morgan fingerprint density at radius 3 is 2.73 bits per heavy atom. The molecule has 1 atom stereocenters. The molecule has 1 aromatic rings. The molecule has 0 bridgehead atoms. The molecule has 0 spiro atoms. The van der Waals surface area contributed by atoms with Gasteiger partial charge in [-0.25, -0.2) is 4.39 Å². The summed E-state index contributed by atoms with van der Waals surface area (Å²) in [6.45, 7) is 1.95. The molecule has 1 N–H and O–H groups in total. The molecule has 1 rings (SSSR count). The van der Waals surface area contributed by atoms with Crippen molar-refractivity contribution in [3.63, 3.8) is 0 Å². The number of hydrogen-bond acceptors (Lipinski definition) is 2. The Kier molecular flexibility index (Phi) is 3.70. The largest absolute Gasteiger partial charge is 0.389 e. The Labute approximate surface area is 89.3 Å². The molecule has 0 radical (unpaired) electrons. The summed E-state index contributed by atoms with van der Waals surface area (Å²) in [5, 5.41) is 9.27. The fourth-order valence-corrected chi connectivity index (χ4v) is 1.31. The normalized spacial score (nSPS) is 11.9. The van der Waals surface area contributed by atoms with Gasteiger partial charge in [0.15, 0.2) is 0 Å². The molecule has 1 unspecified atom stereocenters. The molecule has 0 amide bonds. The highest BCUT2D eigenvalue weighted by Crippen LogP contribution is 2.22. The fourth-order valence-electron chi connectivity index (χ4n) is 1.31. The van der Waals surface area contributed by atoms with Crippen LogP contribution in [-0.2, 0) is 0 Å². The first-order chi connectivity index (χ1) is 7.06. The van der Waals surface area contributed by atoms with Gasteiger partial charge in [0, 0.05) is 7.05 Å². The van der Waals surface area contributed by atoms with Gasteiger partial charge >= 0.3 is 0 Å². The van der Waals surface area contributed by atoms with Gasteiger partial charge in [-0.2, -0.15) is 0 Å². The number of benzene rings is 1. The molecule has 0 aromatic heterocycles. The first-order valence-electron chi connectivity index (χ1n) is 4.68. The summed E-state index contributed by atoms with van der Waals surface area (Å²) in [7, 11) is 1.72. The van der Waals surface area contributed by atoms with Gasteiger partial charge in [0.05, 0.1) is 18.3 Å². The van der Waals surface area contributed by atoms with Crippen LogP contribution in [0, 0.1) is 18.2 Å². The monoisotopic (exact) mass is 207 g/mol. The molecule has 15 heavy (non-hydrogen) atoms. The predicted octanol–water partition coefficient (Wildman–Crippen LogP) is 1.95. The Balaban J connectivity index is 2.98. The zero-order chi connectivity index (χ0) is 11.4. The molecule has 1 aromatic carbocycles. The number of terminal acetylenes is 1. The third kappa shape index (κ3) is 2.71. The minimum Gasteiger partial charge on any atom is -0.389 e. The molecule has 0 saturated heterocycles. The van der Waals surface area contributed by atoms with E-state index in [1.807, 2.05) is 0 Å². The third-order valence-corrected chi connectivity index (χ3v) is 2.19. The molecule has 2 nitrogen and oxygen atoms in total. The van der Waals surface area contributed by atoms with Crippen LogP contribution in [0.3, 0.4) is 0 Å². The van der Waals surface area contributed by atoms with E-state index in [1.54, 1.807) is 31.0 Å². The molecular weight excluding hydrogens is 193 g/mol. The first kappa shape index (κ1) is 11.5. The van der Waals surface area contributed by atoms with Crippen molar-refractivity contribution < 1.29 is 9.50 Å². The lowest BCUT2D eigenvalue weighted by molar-refractivity contribution is 0.199. The van der Waals surface area contributed by atoms with Crippen LogP contribution in [0.1, 0.15) is 18.6 Å². The number of nitrogens with zero attached hydrogens (tertiary/aromatic N) is 1. The molecule has 0 heterocycles. The highest BCUT2D eigenvalue weighted by molar-refractivity contribution is 5.49. The van der Waals surface area contributed by atoms with Crippen LogP contribution < -0.4 is 4.90 Å². The number of aliphatic hydroxyl groups is 1. The predicted molar refractivity (Wildman–Crippen MR) is 59.1 cm³/mol. The molecule has 0 aliphatic heterocycles. The molecule has 0 saturated carbocycles. The second kappa shape index (κ2) is 4.81. The Morgan fingerprint density at radius 1 is 1.60 bits per heavy atom. The highest BCUT2D eigenvalue weighted by atomic mass is 19.1. The summed E-state index contributed by atoms with van der Waals surface area (Å²) in [5.74, 6) is 2.07. The van der Waals surface area contributed by atoms with E-state index >= 15 is 0 Å². The molecule has 0 aliphatic carbocycles. The van der Waals surface area contributed by atoms with Crippen molar-refractivity contribution in [3.8, 4) is 12.3 Å². The zero-order valence-electron chi connectivity index (χ0n) is 8.87. The van der Waals surface area contributed by atoms with Crippen LogP contribution in [0.4, 0.5) is 10.1 Å². The maximum atomic E-state index is 13.6. The molecule has 0 aliphatic rings. The van der Waals surface area contributed by atoms with Crippen LogP contribution >= 0.6 is 0 Å². The summed E-state index contributed by atoms with van der Waals surface area (Å²) >= 11 is 0.